The number of rotatable bonds is 4. The third-order valence-corrected chi connectivity index (χ3v) is 3.59. The Hall–Kier alpha value is -2.61. The zero-order chi connectivity index (χ0) is 18.8. The van der Waals surface area contributed by atoms with E-state index in [0.29, 0.717) is 18.4 Å². The Morgan fingerprint density at radius 3 is 2.48 bits per heavy atom. The van der Waals surface area contributed by atoms with Crippen LogP contribution >= 0.6 is 11.6 Å². The van der Waals surface area contributed by atoms with Crippen LogP contribution in [0.1, 0.15) is 26.3 Å². The van der Waals surface area contributed by atoms with E-state index >= 15 is 0 Å². The molecule has 4 nitrogen and oxygen atoms in total. The number of methoxy groups -OCH3 is 1. The summed E-state index contributed by atoms with van der Waals surface area (Å²) in [6, 6.07) is 5.07. The summed E-state index contributed by atoms with van der Waals surface area (Å²) in [4.78, 5) is 22.9. The molecule has 0 amide bonds. The Kier molecular flexibility index (Phi) is 5.32. The van der Waals surface area contributed by atoms with E-state index in [1.165, 1.54) is 18.2 Å². The van der Waals surface area contributed by atoms with Gasteiger partial charge in [0, 0.05) is 0 Å². The topological polar surface area (TPSA) is 55.4 Å². The first kappa shape index (κ1) is 18.7. The molecule has 2 rings (SSSR count). The second-order valence-electron chi connectivity index (χ2n) is 4.81. The van der Waals surface area contributed by atoms with Gasteiger partial charge in [-0.2, -0.15) is 13.2 Å². The summed E-state index contributed by atoms with van der Waals surface area (Å²) in [5.74, 6) is -2.68. The van der Waals surface area contributed by atoms with E-state index in [1.54, 1.807) is 0 Å². The summed E-state index contributed by atoms with van der Waals surface area (Å²) in [6.07, 6.45) is -4.58. The van der Waals surface area contributed by atoms with E-state index in [1.807, 2.05) is 0 Å². The fourth-order valence-corrected chi connectivity index (χ4v) is 2.30. The zero-order valence-electron chi connectivity index (χ0n) is 12.6. The number of nitrogens with one attached hydrogen (secondary N) is 1. The Bertz CT molecular complexity index is 837. The van der Waals surface area contributed by atoms with Gasteiger partial charge in [0.05, 0.1) is 40.2 Å². The van der Waals surface area contributed by atoms with E-state index in [0.717, 1.165) is 7.11 Å². The Labute approximate surface area is 144 Å². The summed E-state index contributed by atoms with van der Waals surface area (Å²) >= 11 is 5.85. The number of halogens is 5. The average Bonchev–Trinajstić information content (AvgIpc) is 2.54. The second kappa shape index (κ2) is 7.10. The number of benzene rings is 2. The average molecular weight is 376 g/mol. The van der Waals surface area contributed by atoms with Crippen LogP contribution in [0.4, 0.5) is 28.9 Å². The molecule has 0 aromatic heterocycles. The third kappa shape index (κ3) is 3.90. The molecule has 0 fully saturated rings. The van der Waals surface area contributed by atoms with Crippen molar-refractivity contribution < 1.29 is 31.9 Å². The van der Waals surface area contributed by atoms with Crippen LogP contribution in [-0.2, 0) is 10.9 Å². The van der Waals surface area contributed by atoms with Crippen LogP contribution in [0.15, 0.2) is 30.3 Å². The van der Waals surface area contributed by atoms with E-state index in [4.69, 9.17) is 11.6 Å². The molecule has 25 heavy (non-hydrogen) atoms. The van der Waals surface area contributed by atoms with E-state index < -0.39 is 29.1 Å². The number of alkyl halides is 3. The molecular weight excluding hydrogens is 366 g/mol. The lowest BCUT2D eigenvalue weighted by molar-refractivity contribution is -0.139. The van der Waals surface area contributed by atoms with Crippen molar-refractivity contribution in [1.82, 2.24) is 0 Å². The smallest absolute Gasteiger partial charge is 0.419 e. The lowest BCUT2D eigenvalue weighted by Gasteiger charge is -2.16. The third-order valence-electron chi connectivity index (χ3n) is 3.26. The van der Waals surface area contributed by atoms with Gasteiger partial charge in [0.2, 0.25) is 0 Å². The van der Waals surface area contributed by atoms with Crippen LogP contribution in [0.3, 0.4) is 0 Å². The molecule has 0 radical (unpaired) electrons. The molecule has 0 aliphatic heterocycles. The van der Waals surface area contributed by atoms with Gasteiger partial charge >= 0.3 is 12.1 Å². The minimum absolute atomic E-state index is 0.0298. The molecule has 132 valence electrons. The molecule has 0 unspecified atom stereocenters. The van der Waals surface area contributed by atoms with Crippen molar-refractivity contribution in [1.29, 1.82) is 0 Å². The standard InChI is InChI=1S/C16H10ClF4NO3/c1-25-15(24)8-5-12(18)10(16(19,20)21)6-14(8)22-13-4-2-3-11(17)9(13)7-23/h2-7,22H,1H3. The SMILES string of the molecule is COC(=O)c1cc(F)c(C(F)(F)F)cc1Nc1cccc(Cl)c1C=O. The first-order valence-electron chi connectivity index (χ1n) is 6.68. The number of carbonyl (C=O) groups excluding carboxylic acids is 2. The number of hydrogen-bond donors (Lipinski definition) is 1. The first-order valence-corrected chi connectivity index (χ1v) is 7.06. The van der Waals surface area contributed by atoms with Crippen LogP contribution in [0.5, 0.6) is 0 Å². The molecule has 9 heteroatoms. The molecule has 0 atom stereocenters. The van der Waals surface area contributed by atoms with Crippen LogP contribution in [0, 0.1) is 5.82 Å². The van der Waals surface area contributed by atoms with Crippen molar-refractivity contribution >= 4 is 35.2 Å². The predicted molar refractivity (Wildman–Crippen MR) is 82.9 cm³/mol. The highest BCUT2D eigenvalue weighted by molar-refractivity contribution is 6.33. The molecule has 1 N–H and O–H groups in total. The lowest BCUT2D eigenvalue weighted by Crippen LogP contribution is -2.13. The van der Waals surface area contributed by atoms with Crippen molar-refractivity contribution in [2.24, 2.45) is 0 Å². The normalized spacial score (nSPS) is 11.1. The van der Waals surface area contributed by atoms with Crippen LogP contribution in [-0.4, -0.2) is 19.4 Å². The van der Waals surface area contributed by atoms with Crippen molar-refractivity contribution in [3.63, 3.8) is 0 Å². The van der Waals surface area contributed by atoms with Crippen molar-refractivity contribution in [3.05, 3.63) is 57.9 Å². The number of carbonyl (C=O) groups is 2. The molecule has 2 aromatic rings. The van der Waals surface area contributed by atoms with Gasteiger partial charge in [-0.05, 0) is 24.3 Å². The summed E-state index contributed by atoms with van der Waals surface area (Å²) < 4.78 is 57.0. The molecular formula is C16H10ClF4NO3. The first-order chi connectivity index (χ1) is 11.7. The van der Waals surface area contributed by atoms with Gasteiger partial charge in [0.15, 0.2) is 6.29 Å². The largest absolute Gasteiger partial charge is 0.465 e. The van der Waals surface area contributed by atoms with Crippen LogP contribution in [0.25, 0.3) is 0 Å². The minimum Gasteiger partial charge on any atom is -0.465 e. The number of anilines is 2. The highest BCUT2D eigenvalue weighted by Crippen LogP contribution is 2.36. The van der Waals surface area contributed by atoms with Crippen molar-refractivity contribution in [3.8, 4) is 0 Å². The molecule has 2 aromatic carbocycles. The summed E-state index contributed by atoms with van der Waals surface area (Å²) in [5.41, 5.74) is -2.40. The second-order valence-corrected chi connectivity index (χ2v) is 5.22. The summed E-state index contributed by atoms with van der Waals surface area (Å²) in [5, 5.41) is 2.56. The van der Waals surface area contributed by atoms with E-state index in [9.17, 15) is 27.2 Å². The van der Waals surface area contributed by atoms with Crippen LogP contribution < -0.4 is 5.32 Å². The van der Waals surface area contributed by atoms with E-state index in [2.05, 4.69) is 10.1 Å². The number of aldehydes is 1. The maximum atomic E-state index is 13.7. The minimum atomic E-state index is -4.98. The summed E-state index contributed by atoms with van der Waals surface area (Å²) in [6.45, 7) is 0. The summed E-state index contributed by atoms with van der Waals surface area (Å²) in [7, 11) is 0.998. The van der Waals surface area contributed by atoms with Crippen molar-refractivity contribution in [2.45, 2.75) is 6.18 Å². The molecule has 0 saturated heterocycles. The van der Waals surface area contributed by atoms with Gasteiger partial charge in [-0.15, -0.1) is 0 Å². The Morgan fingerprint density at radius 1 is 1.24 bits per heavy atom. The molecule has 0 saturated carbocycles. The highest BCUT2D eigenvalue weighted by Gasteiger charge is 2.35. The molecule has 0 heterocycles. The van der Waals surface area contributed by atoms with Gasteiger partial charge in [0.1, 0.15) is 5.82 Å². The predicted octanol–water partition coefficient (Wildman–Crippen LogP) is 4.84. The lowest BCUT2D eigenvalue weighted by atomic mass is 10.1. The molecule has 0 bridgehead atoms. The maximum absolute atomic E-state index is 13.7. The van der Waals surface area contributed by atoms with Crippen molar-refractivity contribution in [2.75, 3.05) is 12.4 Å². The van der Waals surface area contributed by atoms with Gasteiger partial charge in [-0.25, -0.2) is 9.18 Å². The zero-order valence-corrected chi connectivity index (χ0v) is 13.3. The fraction of sp³-hybridized carbons (Fsp3) is 0.125. The highest BCUT2D eigenvalue weighted by atomic mass is 35.5. The number of hydrogen-bond acceptors (Lipinski definition) is 4. The Balaban J connectivity index is 2.64. The van der Waals surface area contributed by atoms with Gasteiger partial charge in [0.25, 0.3) is 0 Å². The van der Waals surface area contributed by atoms with Gasteiger partial charge < -0.3 is 10.1 Å². The number of ether oxygens (including phenoxy) is 1. The van der Waals surface area contributed by atoms with E-state index in [-0.39, 0.29) is 22.0 Å². The molecule has 0 spiro atoms. The quantitative estimate of drug-likeness (QED) is 0.472. The van der Waals surface area contributed by atoms with Gasteiger partial charge in [-0.1, -0.05) is 17.7 Å². The monoisotopic (exact) mass is 375 g/mol. The Morgan fingerprint density at radius 2 is 1.92 bits per heavy atom. The van der Waals surface area contributed by atoms with Crippen LogP contribution in [0.2, 0.25) is 5.02 Å². The maximum Gasteiger partial charge on any atom is 0.419 e. The number of esters is 1. The van der Waals surface area contributed by atoms with Gasteiger partial charge in [-0.3, -0.25) is 4.79 Å². The molecule has 0 aliphatic rings. The molecule has 0 aliphatic carbocycles. The fourth-order valence-electron chi connectivity index (χ4n) is 2.08.